The van der Waals surface area contributed by atoms with E-state index in [-0.39, 0.29) is 24.2 Å². The van der Waals surface area contributed by atoms with E-state index in [0.717, 1.165) is 49.5 Å². The van der Waals surface area contributed by atoms with Crippen molar-refractivity contribution in [3.8, 4) is 5.75 Å². The van der Waals surface area contributed by atoms with Crippen LogP contribution in [0.2, 0.25) is 0 Å². The number of hydrogen-bond acceptors (Lipinski definition) is 5. The minimum atomic E-state index is -0.0373. The number of amides is 1. The molecule has 1 aliphatic heterocycles. The minimum Gasteiger partial charge on any atom is -0.496 e. The van der Waals surface area contributed by atoms with E-state index in [1.165, 1.54) is 0 Å². The summed E-state index contributed by atoms with van der Waals surface area (Å²) in [6.07, 6.45) is 3.28. The van der Waals surface area contributed by atoms with Gasteiger partial charge in [-0.1, -0.05) is 25.1 Å². The van der Waals surface area contributed by atoms with Gasteiger partial charge in [0.2, 0.25) is 11.9 Å². The zero-order chi connectivity index (χ0) is 19.2. The molecule has 1 aliphatic rings. The maximum atomic E-state index is 12.5. The number of halogens is 1. The Morgan fingerprint density at radius 3 is 2.79 bits per heavy atom. The van der Waals surface area contributed by atoms with Gasteiger partial charge in [-0.2, -0.15) is 10.1 Å². The van der Waals surface area contributed by atoms with Crippen molar-refractivity contribution in [3.05, 3.63) is 35.7 Å². The van der Waals surface area contributed by atoms with Crippen LogP contribution < -0.4 is 15.4 Å². The summed E-state index contributed by atoms with van der Waals surface area (Å²) < 4.78 is 7.06. The van der Waals surface area contributed by atoms with Gasteiger partial charge in [-0.25, -0.2) is 4.68 Å². The average Bonchev–Trinajstić information content (AvgIpc) is 3.03. The Labute approximate surface area is 172 Å². The number of anilines is 1. The molecule has 0 saturated carbocycles. The molecular weight excluding hydrogens is 378 g/mol. The number of aromatic nitrogens is 3. The summed E-state index contributed by atoms with van der Waals surface area (Å²) in [4.78, 5) is 17.0. The van der Waals surface area contributed by atoms with Gasteiger partial charge in [0.1, 0.15) is 5.75 Å². The van der Waals surface area contributed by atoms with E-state index >= 15 is 0 Å². The molecule has 2 N–H and O–H groups in total. The number of carbonyl (C=O) groups excluding carboxylic acids is 1. The van der Waals surface area contributed by atoms with Crippen LogP contribution in [0.5, 0.6) is 5.75 Å². The molecule has 28 heavy (non-hydrogen) atoms. The Kier molecular flexibility index (Phi) is 8.26. The van der Waals surface area contributed by atoms with Crippen LogP contribution in [0.15, 0.2) is 24.3 Å². The van der Waals surface area contributed by atoms with E-state index in [1.54, 1.807) is 11.8 Å². The second kappa shape index (κ2) is 10.4. The molecule has 0 radical (unpaired) electrons. The number of nitrogens with zero attached hydrogens (tertiary/aromatic N) is 3. The highest BCUT2D eigenvalue weighted by Gasteiger charge is 2.21. The first-order chi connectivity index (χ1) is 13.1. The number of hydrogen-bond donors (Lipinski definition) is 2. The first-order valence-electron chi connectivity index (χ1n) is 9.60. The van der Waals surface area contributed by atoms with Crippen molar-refractivity contribution in [2.24, 2.45) is 13.0 Å². The number of methoxy groups -OCH3 is 1. The third kappa shape index (κ3) is 5.69. The fraction of sp³-hybridized carbons (Fsp3) is 0.550. The predicted molar refractivity (Wildman–Crippen MR) is 112 cm³/mol. The molecule has 154 valence electrons. The lowest BCUT2D eigenvalue weighted by Gasteiger charge is -2.19. The molecule has 1 unspecified atom stereocenters. The summed E-state index contributed by atoms with van der Waals surface area (Å²) in [5.74, 6) is 2.75. The van der Waals surface area contributed by atoms with Gasteiger partial charge in [-0.05, 0) is 49.9 Å². The zero-order valence-corrected chi connectivity index (χ0v) is 17.6. The maximum absolute atomic E-state index is 12.5. The quantitative estimate of drug-likeness (QED) is 0.737. The van der Waals surface area contributed by atoms with Gasteiger partial charge >= 0.3 is 0 Å². The lowest BCUT2D eigenvalue weighted by molar-refractivity contribution is -0.117. The summed E-state index contributed by atoms with van der Waals surface area (Å²) in [7, 11) is 3.50. The molecule has 0 aliphatic carbocycles. The summed E-state index contributed by atoms with van der Waals surface area (Å²) in [6, 6.07) is 7.94. The van der Waals surface area contributed by atoms with Crippen LogP contribution in [-0.4, -0.2) is 40.9 Å². The van der Waals surface area contributed by atoms with Crippen molar-refractivity contribution >= 4 is 24.3 Å². The van der Waals surface area contributed by atoms with Crippen molar-refractivity contribution in [1.82, 2.24) is 20.1 Å². The molecule has 1 amide bonds. The second-order valence-corrected chi connectivity index (χ2v) is 7.31. The van der Waals surface area contributed by atoms with Crippen molar-refractivity contribution in [2.45, 2.75) is 38.5 Å². The summed E-state index contributed by atoms with van der Waals surface area (Å²) in [6.45, 7) is 4.05. The molecule has 1 aromatic carbocycles. The Hall–Kier alpha value is -2.12. The van der Waals surface area contributed by atoms with Crippen LogP contribution in [0.3, 0.4) is 0 Å². The van der Waals surface area contributed by atoms with Crippen molar-refractivity contribution in [2.75, 3.05) is 25.5 Å². The van der Waals surface area contributed by atoms with E-state index in [9.17, 15) is 4.79 Å². The SMILES string of the molecule is COc1ccccc1CC(C)CC(=O)Nc1nc(C2CCNCC2)nn1C.Cl. The van der Waals surface area contributed by atoms with Crippen LogP contribution in [0.25, 0.3) is 0 Å². The van der Waals surface area contributed by atoms with Gasteiger partial charge in [-0.3, -0.25) is 10.1 Å². The topological polar surface area (TPSA) is 81.1 Å². The van der Waals surface area contributed by atoms with Gasteiger partial charge in [0.25, 0.3) is 0 Å². The van der Waals surface area contributed by atoms with Gasteiger partial charge in [0, 0.05) is 19.4 Å². The molecular formula is C20H30ClN5O2. The number of ether oxygens (including phenoxy) is 1. The monoisotopic (exact) mass is 407 g/mol. The minimum absolute atomic E-state index is 0. The Balaban J connectivity index is 0.00000280. The van der Waals surface area contributed by atoms with Gasteiger partial charge in [0.15, 0.2) is 5.82 Å². The van der Waals surface area contributed by atoms with Crippen molar-refractivity contribution in [1.29, 1.82) is 0 Å². The van der Waals surface area contributed by atoms with E-state index < -0.39 is 0 Å². The molecule has 1 aromatic heterocycles. The van der Waals surface area contributed by atoms with E-state index in [4.69, 9.17) is 4.74 Å². The average molecular weight is 408 g/mol. The number of carbonyl (C=O) groups is 1. The standard InChI is InChI=1S/C20H29N5O2.ClH/c1-14(12-16-6-4-5-7-17(16)27-3)13-18(26)22-20-23-19(24-25(20)2)15-8-10-21-11-9-15;/h4-7,14-15,21H,8-13H2,1-3H3,(H,22,23,24,26);1H. The molecule has 1 fully saturated rings. The van der Waals surface area contributed by atoms with Gasteiger partial charge in [-0.15, -0.1) is 12.4 Å². The van der Waals surface area contributed by atoms with Crippen LogP contribution in [0, 0.1) is 5.92 Å². The lowest BCUT2D eigenvalue weighted by atomic mass is 9.97. The van der Waals surface area contributed by atoms with Crippen LogP contribution in [0.1, 0.15) is 43.5 Å². The number of nitrogens with one attached hydrogen (secondary N) is 2. The zero-order valence-electron chi connectivity index (χ0n) is 16.8. The number of rotatable bonds is 7. The third-order valence-electron chi connectivity index (χ3n) is 5.03. The summed E-state index contributed by atoms with van der Waals surface area (Å²) in [5, 5.41) is 10.8. The fourth-order valence-electron chi connectivity index (χ4n) is 3.58. The predicted octanol–water partition coefficient (Wildman–Crippen LogP) is 2.92. The molecule has 0 bridgehead atoms. The Morgan fingerprint density at radius 1 is 1.36 bits per heavy atom. The normalized spacial score (nSPS) is 15.5. The van der Waals surface area contributed by atoms with Gasteiger partial charge < -0.3 is 10.1 Å². The number of aryl methyl sites for hydroxylation is 1. The number of para-hydroxylation sites is 1. The van der Waals surface area contributed by atoms with E-state index in [0.29, 0.717) is 18.3 Å². The first kappa shape index (κ1) is 22.2. The molecule has 3 rings (SSSR count). The maximum Gasteiger partial charge on any atom is 0.227 e. The fourth-order valence-corrected chi connectivity index (χ4v) is 3.58. The summed E-state index contributed by atoms with van der Waals surface area (Å²) >= 11 is 0. The molecule has 2 heterocycles. The van der Waals surface area contributed by atoms with E-state index in [1.807, 2.05) is 31.3 Å². The van der Waals surface area contributed by atoms with Crippen LogP contribution in [0.4, 0.5) is 5.95 Å². The molecule has 0 spiro atoms. The lowest BCUT2D eigenvalue weighted by Crippen LogP contribution is -2.27. The highest BCUT2D eigenvalue weighted by molar-refractivity contribution is 5.89. The molecule has 1 saturated heterocycles. The van der Waals surface area contributed by atoms with Crippen LogP contribution >= 0.6 is 12.4 Å². The largest absolute Gasteiger partial charge is 0.496 e. The van der Waals surface area contributed by atoms with Crippen LogP contribution in [-0.2, 0) is 18.3 Å². The molecule has 2 aromatic rings. The smallest absolute Gasteiger partial charge is 0.227 e. The highest BCUT2D eigenvalue weighted by Crippen LogP contribution is 2.24. The Bertz CT molecular complexity index is 774. The molecule has 7 nitrogen and oxygen atoms in total. The highest BCUT2D eigenvalue weighted by atomic mass is 35.5. The third-order valence-corrected chi connectivity index (χ3v) is 5.03. The number of benzene rings is 1. The van der Waals surface area contributed by atoms with Crippen molar-refractivity contribution in [3.63, 3.8) is 0 Å². The molecule has 8 heteroatoms. The van der Waals surface area contributed by atoms with Crippen molar-refractivity contribution < 1.29 is 9.53 Å². The second-order valence-electron chi connectivity index (χ2n) is 7.31. The van der Waals surface area contributed by atoms with Gasteiger partial charge in [0.05, 0.1) is 7.11 Å². The Morgan fingerprint density at radius 2 is 2.07 bits per heavy atom. The first-order valence-corrected chi connectivity index (χ1v) is 9.60. The molecule has 1 atom stereocenters. The number of piperidine rings is 1. The van der Waals surface area contributed by atoms with E-state index in [2.05, 4.69) is 27.6 Å². The summed E-state index contributed by atoms with van der Waals surface area (Å²) in [5.41, 5.74) is 1.12.